The number of carbonyl (C=O) groups excluding carboxylic acids is 3. The van der Waals surface area contributed by atoms with Crippen LogP contribution in [0.4, 0.5) is 0 Å². The van der Waals surface area contributed by atoms with Gasteiger partial charge in [-0.05, 0) is 48.4 Å². The van der Waals surface area contributed by atoms with Gasteiger partial charge in [0, 0.05) is 18.6 Å². The second kappa shape index (κ2) is 31.5. The number of aliphatic carboxylic acids is 1. The minimum Gasteiger partial charge on any atom is -0.490 e. The van der Waals surface area contributed by atoms with Gasteiger partial charge in [0.1, 0.15) is 44.0 Å². The van der Waals surface area contributed by atoms with Crippen molar-refractivity contribution in [1.82, 2.24) is 0 Å². The fourth-order valence-electron chi connectivity index (χ4n) is 5.10. The Hall–Kier alpha value is -4.90. The number of carbonyl (C=O) groups is 4. The third kappa shape index (κ3) is 18.8. The number of ether oxygens (including phenoxy) is 5. The molecule has 2 aromatic carbocycles. The summed E-state index contributed by atoms with van der Waals surface area (Å²) in [6.07, 6.45) is 4.87. The molecule has 0 saturated heterocycles. The first kappa shape index (κ1) is 56.8. The second-order valence-electron chi connectivity index (χ2n) is 11.0. The van der Waals surface area contributed by atoms with E-state index in [1.807, 2.05) is 77.9 Å². The van der Waals surface area contributed by atoms with Crippen LogP contribution >= 0.6 is 0 Å². The summed E-state index contributed by atoms with van der Waals surface area (Å²) in [4.78, 5) is 48.1. The summed E-state index contributed by atoms with van der Waals surface area (Å²) in [7, 11) is 0. The highest BCUT2D eigenvalue weighted by Crippen LogP contribution is 2.32. The van der Waals surface area contributed by atoms with Gasteiger partial charge in [-0.25, -0.2) is 9.59 Å². The fraction of sp³-hybridized carbons (Fsp3) is 0.500. The van der Waals surface area contributed by atoms with Crippen molar-refractivity contribution < 1.29 is 53.1 Å². The molecule has 0 bridgehead atoms. The standard InChI is InChI=1S/C36H42O11.2C2H6.4CH4/c1-5-24-13-11-15-26(34(24)45-20-27(37)19-43-31(38)6-2)18-25-14-10-12-23(4)33(25)46-22-28(21-44-32(39)7-3)47-36(42)30-17-9-8-16-29(30)35(40)41;2*1-2;;;;/h6-15,27-30,37H,2-3,5,16-22H2,1,4H3,(H,40,41);2*1-2H3;4*1H4. The SMILES string of the molecule is C.C.C.C.C=CC(=O)OCC(O)COc1c(CC)cccc1Cc1cccc(C)c1OCC(COC(=O)C=C)OC(=O)C1CC=CCC1C(=O)O.CC.CC. The molecular weight excluding hydrogens is 704 g/mol. The van der Waals surface area contributed by atoms with E-state index >= 15 is 0 Å². The minimum atomic E-state index is -1.09. The molecule has 4 unspecified atom stereocenters. The summed E-state index contributed by atoms with van der Waals surface area (Å²) >= 11 is 0. The summed E-state index contributed by atoms with van der Waals surface area (Å²) in [6, 6.07) is 11.4. The largest absolute Gasteiger partial charge is 0.490 e. The van der Waals surface area contributed by atoms with E-state index in [1.54, 1.807) is 12.2 Å². The van der Waals surface area contributed by atoms with E-state index in [1.165, 1.54) is 0 Å². The Morgan fingerprint density at radius 1 is 0.745 bits per heavy atom. The maximum Gasteiger partial charge on any atom is 0.330 e. The van der Waals surface area contributed by atoms with Crippen LogP contribution in [0.15, 0.2) is 73.9 Å². The molecule has 0 fully saturated rings. The van der Waals surface area contributed by atoms with Crippen molar-refractivity contribution in [3.05, 3.63) is 96.1 Å². The molecule has 0 aliphatic heterocycles. The van der Waals surface area contributed by atoms with Gasteiger partial charge < -0.3 is 33.9 Å². The highest BCUT2D eigenvalue weighted by Gasteiger charge is 2.36. The Labute approximate surface area is 331 Å². The first-order chi connectivity index (χ1) is 24.6. The molecule has 2 N–H and O–H groups in total. The number of para-hydroxylation sites is 2. The van der Waals surface area contributed by atoms with Crippen LogP contribution in [0.2, 0.25) is 0 Å². The van der Waals surface area contributed by atoms with Gasteiger partial charge in [-0.3, -0.25) is 9.59 Å². The number of aliphatic hydroxyl groups excluding tert-OH is 1. The minimum absolute atomic E-state index is 0. The Bertz CT molecular complexity index is 1460. The number of carboxylic acid groups (broad SMARTS) is 1. The van der Waals surface area contributed by atoms with Crippen LogP contribution in [0.1, 0.15) is 99.4 Å². The topological polar surface area (TPSA) is 155 Å². The van der Waals surface area contributed by atoms with Gasteiger partial charge in [0.2, 0.25) is 0 Å². The number of hydrogen-bond donors (Lipinski definition) is 2. The average Bonchev–Trinajstić information content (AvgIpc) is 3.16. The first-order valence-corrected chi connectivity index (χ1v) is 17.4. The van der Waals surface area contributed by atoms with Crippen LogP contribution < -0.4 is 9.47 Å². The average molecular weight is 775 g/mol. The molecule has 11 heteroatoms. The molecule has 55 heavy (non-hydrogen) atoms. The van der Waals surface area contributed by atoms with Crippen molar-refractivity contribution in [3.8, 4) is 11.5 Å². The van der Waals surface area contributed by atoms with Crippen molar-refractivity contribution in [2.24, 2.45) is 11.8 Å². The van der Waals surface area contributed by atoms with E-state index in [-0.39, 0.29) is 69.0 Å². The number of carboxylic acids is 1. The predicted molar refractivity (Wildman–Crippen MR) is 222 cm³/mol. The quantitative estimate of drug-likeness (QED) is 0.0646. The van der Waals surface area contributed by atoms with Gasteiger partial charge in [-0.1, -0.05) is 126 Å². The maximum absolute atomic E-state index is 13.1. The molecular formula is C44H70O11. The summed E-state index contributed by atoms with van der Waals surface area (Å²) in [5.74, 6) is -3.85. The van der Waals surface area contributed by atoms with Crippen molar-refractivity contribution in [1.29, 1.82) is 0 Å². The molecule has 3 rings (SSSR count). The molecule has 312 valence electrons. The molecule has 4 atom stereocenters. The number of aliphatic hydroxyl groups is 1. The van der Waals surface area contributed by atoms with Crippen LogP contribution in [0.5, 0.6) is 11.5 Å². The zero-order valence-electron chi connectivity index (χ0n) is 30.7. The summed E-state index contributed by atoms with van der Waals surface area (Å²) < 4.78 is 28.0. The molecule has 0 saturated carbocycles. The molecule has 2 aromatic rings. The van der Waals surface area contributed by atoms with E-state index < -0.39 is 47.9 Å². The van der Waals surface area contributed by atoms with Crippen LogP contribution in [0, 0.1) is 18.8 Å². The van der Waals surface area contributed by atoms with E-state index in [9.17, 15) is 29.4 Å². The van der Waals surface area contributed by atoms with Crippen LogP contribution in [0.25, 0.3) is 0 Å². The normalized spacial score (nSPS) is 14.5. The number of esters is 3. The first-order valence-electron chi connectivity index (χ1n) is 17.4. The molecule has 11 nitrogen and oxygen atoms in total. The zero-order chi connectivity index (χ0) is 38.3. The van der Waals surface area contributed by atoms with Crippen molar-refractivity contribution in [3.63, 3.8) is 0 Å². The molecule has 0 amide bonds. The lowest BCUT2D eigenvalue weighted by Gasteiger charge is -2.26. The number of allylic oxidation sites excluding steroid dienone is 2. The Kier molecular flexibility index (Phi) is 32.5. The summed E-state index contributed by atoms with van der Waals surface area (Å²) in [5, 5.41) is 19.9. The lowest BCUT2D eigenvalue weighted by atomic mass is 9.83. The number of hydrogen-bond acceptors (Lipinski definition) is 10. The highest BCUT2D eigenvalue weighted by molar-refractivity contribution is 5.82. The third-order valence-corrected chi connectivity index (χ3v) is 7.56. The van der Waals surface area contributed by atoms with E-state index in [0.29, 0.717) is 24.3 Å². The van der Waals surface area contributed by atoms with Crippen molar-refractivity contribution in [2.45, 2.75) is 109 Å². The lowest BCUT2D eigenvalue weighted by Crippen LogP contribution is -2.37. The van der Waals surface area contributed by atoms with Gasteiger partial charge in [0.15, 0.2) is 6.10 Å². The molecule has 0 aromatic heterocycles. The summed E-state index contributed by atoms with van der Waals surface area (Å²) in [6.45, 7) is 17.7. The monoisotopic (exact) mass is 774 g/mol. The zero-order valence-corrected chi connectivity index (χ0v) is 30.7. The number of benzene rings is 2. The highest BCUT2D eigenvalue weighted by atomic mass is 16.6. The number of rotatable bonds is 18. The van der Waals surface area contributed by atoms with Gasteiger partial charge in [-0.15, -0.1) is 0 Å². The molecule has 1 aliphatic rings. The van der Waals surface area contributed by atoms with E-state index in [0.717, 1.165) is 34.4 Å². The van der Waals surface area contributed by atoms with E-state index in [4.69, 9.17) is 23.7 Å². The Balaban J connectivity index is -0.00000157. The molecule has 0 spiro atoms. The molecule has 0 radical (unpaired) electrons. The van der Waals surface area contributed by atoms with E-state index in [2.05, 4.69) is 13.2 Å². The van der Waals surface area contributed by atoms with Gasteiger partial charge in [0.25, 0.3) is 0 Å². The summed E-state index contributed by atoms with van der Waals surface area (Å²) in [5.41, 5.74) is 3.33. The fourth-order valence-corrected chi connectivity index (χ4v) is 5.10. The third-order valence-electron chi connectivity index (χ3n) is 7.56. The Morgan fingerprint density at radius 3 is 1.78 bits per heavy atom. The van der Waals surface area contributed by atoms with Gasteiger partial charge >= 0.3 is 23.9 Å². The molecule has 0 heterocycles. The van der Waals surface area contributed by atoms with Crippen LogP contribution in [-0.2, 0) is 46.2 Å². The van der Waals surface area contributed by atoms with Crippen molar-refractivity contribution >= 4 is 23.9 Å². The van der Waals surface area contributed by atoms with Crippen LogP contribution in [0.3, 0.4) is 0 Å². The van der Waals surface area contributed by atoms with Gasteiger partial charge in [0.05, 0.1) is 11.8 Å². The van der Waals surface area contributed by atoms with Gasteiger partial charge in [-0.2, -0.15) is 0 Å². The second-order valence-corrected chi connectivity index (χ2v) is 11.0. The predicted octanol–water partition coefficient (Wildman–Crippen LogP) is 8.90. The Morgan fingerprint density at radius 2 is 1.24 bits per heavy atom. The smallest absolute Gasteiger partial charge is 0.330 e. The lowest BCUT2D eigenvalue weighted by molar-refractivity contribution is -0.167. The van der Waals surface area contributed by atoms with Crippen LogP contribution in [-0.4, -0.2) is 72.7 Å². The number of aryl methyl sites for hydroxylation is 2. The molecule has 1 aliphatic carbocycles. The van der Waals surface area contributed by atoms with Crippen molar-refractivity contribution in [2.75, 3.05) is 26.4 Å². The maximum atomic E-state index is 13.1.